The summed E-state index contributed by atoms with van der Waals surface area (Å²) in [4.78, 5) is 10.9. The van der Waals surface area contributed by atoms with Crippen LogP contribution in [0.1, 0.15) is 38.5 Å². The predicted octanol–water partition coefficient (Wildman–Crippen LogP) is 1.90. The molecule has 80 valence electrons. The van der Waals surface area contributed by atoms with Gasteiger partial charge >= 0.3 is 0 Å². The van der Waals surface area contributed by atoms with E-state index >= 15 is 0 Å². The van der Waals surface area contributed by atoms with Crippen LogP contribution in [0.2, 0.25) is 0 Å². The molecule has 14 heavy (non-hydrogen) atoms. The second-order valence-corrected chi connectivity index (χ2v) is 4.34. The zero-order valence-corrected chi connectivity index (χ0v) is 8.54. The quantitative estimate of drug-likeness (QED) is 0.500. The number of ketones is 1. The molecule has 2 saturated carbocycles. The Balaban J connectivity index is 1.49. The second-order valence-electron chi connectivity index (χ2n) is 4.34. The average Bonchev–Trinajstić information content (AvgIpc) is 2.99. The van der Waals surface area contributed by atoms with Gasteiger partial charge in [-0.05, 0) is 31.6 Å². The summed E-state index contributed by atoms with van der Waals surface area (Å²) < 4.78 is 10.9. The van der Waals surface area contributed by atoms with E-state index in [1.165, 1.54) is 12.8 Å². The van der Waals surface area contributed by atoms with E-state index in [0.29, 0.717) is 25.4 Å². The highest BCUT2D eigenvalue weighted by Gasteiger charge is 2.22. The van der Waals surface area contributed by atoms with Gasteiger partial charge in [0.1, 0.15) is 12.6 Å². The first kappa shape index (κ1) is 10.1. The summed E-state index contributed by atoms with van der Waals surface area (Å²) in [5, 5.41) is 0. The Hall–Kier alpha value is -0.410. The van der Waals surface area contributed by atoms with Crippen LogP contribution in [0, 0.1) is 5.92 Å². The third-order valence-electron chi connectivity index (χ3n) is 2.93. The Kier molecular flexibility index (Phi) is 3.54. The standard InChI is InChI=1S/C11H18O3/c12-10-3-5-11(6-4-10)14-8-13-7-9-1-2-9/h9,11H,1-8H2. The number of hydrogen-bond acceptors (Lipinski definition) is 3. The van der Waals surface area contributed by atoms with Crippen molar-refractivity contribution in [2.24, 2.45) is 5.92 Å². The highest BCUT2D eigenvalue weighted by Crippen LogP contribution is 2.28. The van der Waals surface area contributed by atoms with Gasteiger partial charge in [-0.25, -0.2) is 0 Å². The number of Topliss-reactive ketones (excluding diaryl/α,β-unsaturated/α-hetero) is 1. The zero-order chi connectivity index (χ0) is 9.80. The largest absolute Gasteiger partial charge is 0.355 e. The topological polar surface area (TPSA) is 35.5 Å². The summed E-state index contributed by atoms with van der Waals surface area (Å²) in [5.41, 5.74) is 0. The fourth-order valence-corrected chi connectivity index (χ4v) is 1.72. The van der Waals surface area contributed by atoms with E-state index in [-0.39, 0.29) is 6.10 Å². The van der Waals surface area contributed by atoms with E-state index in [9.17, 15) is 4.79 Å². The molecule has 0 atom stereocenters. The van der Waals surface area contributed by atoms with E-state index in [0.717, 1.165) is 25.4 Å². The molecular weight excluding hydrogens is 180 g/mol. The van der Waals surface area contributed by atoms with E-state index < -0.39 is 0 Å². The summed E-state index contributed by atoms with van der Waals surface area (Å²) in [7, 11) is 0. The normalized spacial score (nSPS) is 24.1. The highest BCUT2D eigenvalue weighted by molar-refractivity contribution is 5.79. The number of rotatable bonds is 5. The molecule has 2 aliphatic rings. The van der Waals surface area contributed by atoms with E-state index in [2.05, 4.69) is 0 Å². The molecule has 2 fully saturated rings. The van der Waals surface area contributed by atoms with Gasteiger partial charge in [-0.1, -0.05) is 0 Å². The molecule has 3 heteroatoms. The first-order chi connectivity index (χ1) is 6.84. The third kappa shape index (κ3) is 3.39. The number of hydrogen-bond donors (Lipinski definition) is 0. The van der Waals surface area contributed by atoms with Crippen LogP contribution < -0.4 is 0 Å². The maximum Gasteiger partial charge on any atom is 0.147 e. The molecule has 0 aromatic heterocycles. The van der Waals surface area contributed by atoms with Crippen LogP contribution in [0.15, 0.2) is 0 Å². The first-order valence-corrected chi connectivity index (χ1v) is 5.55. The smallest absolute Gasteiger partial charge is 0.147 e. The Morgan fingerprint density at radius 3 is 2.50 bits per heavy atom. The summed E-state index contributed by atoms with van der Waals surface area (Å²) in [6.07, 6.45) is 6.03. The van der Waals surface area contributed by atoms with Crippen molar-refractivity contribution in [2.45, 2.75) is 44.6 Å². The van der Waals surface area contributed by atoms with Crippen molar-refractivity contribution in [3.63, 3.8) is 0 Å². The Morgan fingerprint density at radius 1 is 1.14 bits per heavy atom. The number of carbonyl (C=O) groups excluding carboxylic acids is 1. The lowest BCUT2D eigenvalue weighted by Gasteiger charge is -2.21. The Labute approximate surface area is 84.8 Å². The molecule has 0 bridgehead atoms. The minimum absolute atomic E-state index is 0.256. The van der Waals surface area contributed by atoms with Crippen molar-refractivity contribution in [1.82, 2.24) is 0 Å². The number of carbonyl (C=O) groups is 1. The molecular formula is C11H18O3. The van der Waals surface area contributed by atoms with Crippen LogP contribution in [0.4, 0.5) is 0 Å². The fraction of sp³-hybridized carbons (Fsp3) is 0.909. The SMILES string of the molecule is O=C1CCC(OCOCC2CC2)CC1. The zero-order valence-electron chi connectivity index (χ0n) is 8.54. The average molecular weight is 198 g/mol. The molecule has 0 amide bonds. The molecule has 0 N–H and O–H groups in total. The van der Waals surface area contributed by atoms with Gasteiger partial charge in [-0.3, -0.25) is 4.79 Å². The van der Waals surface area contributed by atoms with Crippen LogP contribution >= 0.6 is 0 Å². The molecule has 0 aromatic rings. The van der Waals surface area contributed by atoms with Crippen LogP contribution in [0.5, 0.6) is 0 Å². The van der Waals surface area contributed by atoms with E-state index in [1.807, 2.05) is 0 Å². The van der Waals surface area contributed by atoms with Crippen molar-refractivity contribution in [3.8, 4) is 0 Å². The van der Waals surface area contributed by atoms with E-state index in [1.54, 1.807) is 0 Å². The number of ether oxygens (including phenoxy) is 2. The van der Waals surface area contributed by atoms with Gasteiger partial charge in [0.25, 0.3) is 0 Å². The summed E-state index contributed by atoms with van der Waals surface area (Å²) >= 11 is 0. The van der Waals surface area contributed by atoms with Gasteiger partial charge in [0.2, 0.25) is 0 Å². The van der Waals surface area contributed by atoms with Gasteiger partial charge in [0.15, 0.2) is 0 Å². The molecule has 0 aliphatic heterocycles. The van der Waals surface area contributed by atoms with Crippen molar-refractivity contribution < 1.29 is 14.3 Å². The molecule has 0 unspecified atom stereocenters. The first-order valence-electron chi connectivity index (χ1n) is 5.55. The molecule has 0 aromatic carbocycles. The van der Waals surface area contributed by atoms with E-state index in [4.69, 9.17) is 9.47 Å². The summed E-state index contributed by atoms with van der Waals surface area (Å²) in [6.45, 7) is 1.26. The van der Waals surface area contributed by atoms with Crippen LogP contribution in [-0.2, 0) is 14.3 Å². The maximum absolute atomic E-state index is 10.9. The maximum atomic E-state index is 10.9. The summed E-state index contributed by atoms with van der Waals surface area (Å²) in [5.74, 6) is 1.18. The molecule has 2 aliphatic carbocycles. The van der Waals surface area contributed by atoms with Crippen LogP contribution in [-0.4, -0.2) is 25.3 Å². The monoisotopic (exact) mass is 198 g/mol. The molecule has 0 heterocycles. The van der Waals surface area contributed by atoms with Gasteiger partial charge in [-0.15, -0.1) is 0 Å². The second kappa shape index (κ2) is 4.89. The Bertz CT molecular complexity index is 189. The Morgan fingerprint density at radius 2 is 1.86 bits per heavy atom. The van der Waals surface area contributed by atoms with Crippen molar-refractivity contribution in [2.75, 3.05) is 13.4 Å². The highest BCUT2D eigenvalue weighted by atomic mass is 16.7. The third-order valence-corrected chi connectivity index (χ3v) is 2.93. The predicted molar refractivity (Wildman–Crippen MR) is 51.9 cm³/mol. The van der Waals surface area contributed by atoms with Crippen LogP contribution in [0.25, 0.3) is 0 Å². The van der Waals surface area contributed by atoms with Gasteiger partial charge < -0.3 is 9.47 Å². The van der Waals surface area contributed by atoms with Gasteiger partial charge in [-0.2, -0.15) is 0 Å². The lowest BCUT2D eigenvalue weighted by molar-refractivity contribution is -0.129. The minimum Gasteiger partial charge on any atom is -0.355 e. The van der Waals surface area contributed by atoms with Gasteiger partial charge in [0, 0.05) is 12.8 Å². The van der Waals surface area contributed by atoms with Crippen molar-refractivity contribution in [1.29, 1.82) is 0 Å². The molecule has 0 spiro atoms. The lowest BCUT2D eigenvalue weighted by atomic mass is 9.97. The van der Waals surface area contributed by atoms with Crippen molar-refractivity contribution in [3.05, 3.63) is 0 Å². The van der Waals surface area contributed by atoms with Crippen LogP contribution in [0.3, 0.4) is 0 Å². The van der Waals surface area contributed by atoms with Gasteiger partial charge in [0.05, 0.1) is 12.7 Å². The molecule has 0 saturated heterocycles. The van der Waals surface area contributed by atoms with Crippen molar-refractivity contribution >= 4 is 5.78 Å². The molecule has 3 nitrogen and oxygen atoms in total. The minimum atomic E-state index is 0.256. The molecule has 2 rings (SSSR count). The fourth-order valence-electron chi connectivity index (χ4n) is 1.72. The summed E-state index contributed by atoms with van der Waals surface area (Å²) in [6, 6.07) is 0. The lowest BCUT2D eigenvalue weighted by Crippen LogP contribution is -2.22. The molecule has 0 radical (unpaired) electrons.